The van der Waals surface area contributed by atoms with Gasteiger partial charge in [-0.3, -0.25) is 4.68 Å². The molecular weight excluding hydrogens is 1940 g/mol. The monoisotopic (exact) mass is 2030 g/mol. The highest BCUT2D eigenvalue weighted by molar-refractivity contribution is 7.95. The summed E-state index contributed by atoms with van der Waals surface area (Å²) < 4.78 is 229. The Balaban J connectivity index is 0.000000158. The minimum absolute atomic E-state index is 0.0310. The number of aryl methyl sites for hydroxylation is 5. The fourth-order valence-corrected chi connectivity index (χ4v) is 28.9. The number of nitrogens with zero attached hydrogens (tertiary/aromatic N) is 4. The molecule has 131 heavy (non-hydrogen) atoms. The summed E-state index contributed by atoms with van der Waals surface area (Å²) >= 11 is 5.38. The van der Waals surface area contributed by atoms with Crippen LogP contribution in [0.1, 0.15) is 53.8 Å². The van der Waals surface area contributed by atoms with Gasteiger partial charge in [0.1, 0.15) is 31.1 Å². The fraction of sp³-hybridized carbons (Fsp3) is 0.167. The summed E-state index contributed by atoms with van der Waals surface area (Å²) in [5.74, 6) is 0. The molecule has 0 fully saturated rings. The molecule has 0 aliphatic heterocycles. The Labute approximate surface area is 783 Å². The molecule has 6 heterocycles. The molecule has 688 valence electrons. The van der Waals surface area contributed by atoms with Crippen molar-refractivity contribution in [3.05, 3.63) is 302 Å². The smallest absolute Gasteiger partial charge is 0.217 e. The summed E-state index contributed by atoms with van der Waals surface area (Å²) in [6.45, 7) is 8.93. The first-order valence-electron chi connectivity index (χ1n) is 39.2. The maximum Gasteiger partial charge on any atom is 0.217 e. The summed E-state index contributed by atoms with van der Waals surface area (Å²) in [4.78, 5) is 10.4. The van der Waals surface area contributed by atoms with Gasteiger partial charge in [0.2, 0.25) is 49.2 Å². The van der Waals surface area contributed by atoms with Crippen molar-refractivity contribution in [3.8, 4) is 55.6 Å². The van der Waals surface area contributed by atoms with Crippen LogP contribution in [0.5, 0.6) is 0 Å². The van der Waals surface area contributed by atoms with Crippen LogP contribution in [0.2, 0.25) is 0 Å². The molecule has 0 bridgehead atoms. The number of thiophene rings is 3. The van der Waals surface area contributed by atoms with E-state index in [9.17, 15) is 75.8 Å². The van der Waals surface area contributed by atoms with Crippen molar-refractivity contribution in [2.45, 2.75) is 132 Å². The van der Waals surface area contributed by atoms with E-state index in [1.807, 2.05) is 126 Å². The Morgan fingerprint density at radius 3 is 0.931 bits per heavy atom. The zero-order valence-corrected chi connectivity index (χ0v) is 83.2. The zero-order valence-electron chi connectivity index (χ0n) is 71.7. The van der Waals surface area contributed by atoms with E-state index in [0.717, 1.165) is 153 Å². The Morgan fingerprint density at radius 2 is 0.618 bits per heavy atom. The molecule has 0 saturated carbocycles. The van der Waals surface area contributed by atoms with Crippen LogP contribution >= 0.6 is 56.7 Å². The van der Waals surface area contributed by atoms with E-state index >= 15 is 0 Å². The number of rotatable bonds is 25. The third-order valence-corrected chi connectivity index (χ3v) is 40.6. The molecule has 10 N–H and O–H groups in total. The minimum atomic E-state index is -3.91. The minimum Gasteiger partial charge on any atom is -0.326 e. The van der Waals surface area contributed by atoms with Crippen molar-refractivity contribution < 1.29 is 75.8 Å². The number of hydrogen-bond donors (Lipinski definition) is 5. The number of aromatic nitrogens is 4. The van der Waals surface area contributed by atoms with Crippen molar-refractivity contribution in [1.82, 2.24) is 19.7 Å². The Hall–Kier alpha value is -10.1. The maximum atomic E-state index is 13.1. The van der Waals surface area contributed by atoms with Gasteiger partial charge in [-0.15, -0.1) is 56.7 Å². The van der Waals surface area contributed by atoms with Gasteiger partial charge in [0, 0.05) is 96.7 Å². The quantitative estimate of drug-likeness (QED) is 0.0355. The van der Waals surface area contributed by atoms with Gasteiger partial charge >= 0.3 is 0 Å². The topological polar surface area (TPSA) is 481 Å². The molecule has 0 unspecified atom stereocenters. The van der Waals surface area contributed by atoms with Crippen LogP contribution in [0.4, 0.5) is 0 Å². The van der Waals surface area contributed by atoms with Crippen molar-refractivity contribution in [2.24, 2.45) is 35.7 Å². The lowest BCUT2D eigenvalue weighted by atomic mass is 10.0. The summed E-state index contributed by atoms with van der Waals surface area (Å²) in [5, 5.41) is 5.25. The molecule has 15 aromatic rings. The second-order valence-electron chi connectivity index (χ2n) is 29.8. The highest BCUT2D eigenvalue weighted by Crippen LogP contribution is 2.40. The van der Waals surface area contributed by atoms with Crippen LogP contribution in [-0.4, -0.2) is 121 Å². The molecule has 27 nitrogen and oxygen atoms in total. The highest BCUT2D eigenvalue weighted by atomic mass is 32.3. The standard InChI is InChI=1S/2C19H19NO4S3.C18H18N2O4S3.C18H17NO4S3.C16H18N4O2S2/c1-13-3-5-14(6-4-13)17-11-16(8-9-18(17)26(2,21)22)27(23,24)19-10-7-15(12-20)25-19;1-13-3-5-14(6-4-13)15-9-17(26(2,21)22)11-18(10-15)27(23,24)19-8-7-16(12-20)25-19;1-12-3-5-13(6-4-12)14-7-15(26(2,21)22)9-16(8-14)27(23,24)18-11-20-17(10-19)25-18;1-25(20,21)16-9-14(13-5-3-2-4-6-13)10-17(11-16)26(22,23)18-8-7-15(12-19)24-18;1-3-11-4-12(13-8-19-20(2)10-13)6-14(5-11)24(21,22)16-9-18-15(7-17)23-16/h2*3-11H,12,20H2,1-2H3;3-9,11H,10,19H2,1-2H3;2-11H,12,19H2,1H3;4-6,8-10H,3,7,17H2,1-2H3. The molecule has 9 aromatic carbocycles. The van der Waals surface area contributed by atoms with E-state index in [-0.39, 0.29) is 97.8 Å². The van der Waals surface area contributed by atoms with Crippen molar-refractivity contribution in [3.63, 3.8) is 0 Å². The van der Waals surface area contributed by atoms with E-state index in [0.29, 0.717) is 37.8 Å². The lowest BCUT2D eigenvalue weighted by Gasteiger charge is -2.11. The number of thiazole rings is 2. The Kier molecular flexibility index (Phi) is 32.2. The van der Waals surface area contributed by atoms with Gasteiger partial charge in [0.15, 0.2) is 39.3 Å². The summed E-state index contributed by atoms with van der Waals surface area (Å²) in [6.07, 6.45) is 11.3. The van der Waals surface area contributed by atoms with Crippen LogP contribution in [0.3, 0.4) is 0 Å². The average Bonchev–Trinajstić information content (AvgIpc) is 1.11. The molecule has 0 aliphatic rings. The van der Waals surface area contributed by atoms with Crippen LogP contribution in [0.15, 0.2) is 320 Å². The van der Waals surface area contributed by atoms with Crippen LogP contribution < -0.4 is 28.7 Å². The molecule has 0 aliphatic carbocycles. The van der Waals surface area contributed by atoms with Gasteiger partial charge < -0.3 is 28.7 Å². The van der Waals surface area contributed by atoms with Crippen LogP contribution in [0.25, 0.3) is 55.6 Å². The van der Waals surface area contributed by atoms with Gasteiger partial charge in [-0.05, 0) is 199 Å². The molecule has 0 spiro atoms. The van der Waals surface area contributed by atoms with Crippen LogP contribution in [0, 0.1) is 20.8 Å². The first-order chi connectivity index (χ1) is 61.5. The molecule has 0 atom stereocenters. The van der Waals surface area contributed by atoms with Gasteiger partial charge in [-0.1, -0.05) is 133 Å². The second-order valence-corrected chi connectivity index (χ2v) is 54.4. The number of nitrogens with two attached hydrogens (primary N) is 5. The lowest BCUT2D eigenvalue weighted by molar-refractivity contribution is 0.594. The first kappa shape index (κ1) is 101. The molecule has 41 heteroatoms. The number of benzene rings is 9. The van der Waals surface area contributed by atoms with Gasteiger partial charge in [-0.25, -0.2) is 85.7 Å². The predicted octanol–water partition coefficient (Wildman–Crippen LogP) is 15.2. The first-order valence-corrected chi connectivity index (χ1v) is 58.3. The Bertz CT molecular complexity index is 7660. The number of sulfone groups is 9. The largest absolute Gasteiger partial charge is 0.326 e. The third kappa shape index (κ3) is 24.9. The second kappa shape index (κ2) is 41.6. The average molecular weight is 2040 g/mol. The van der Waals surface area contributed by atoms with E-state index < -0.39 is 88.5 Å². The number of hydrogen-bond acceptors (Lipinski definition) is 31. The molecule has 0 radical (unpaired) electrons. The summed E-state index contributed by atoms with van der Waals surface area (Å²) in [6, 6.07) is 62.8. The van der Waals surface area contributed by atoms with Gasteiger partial charge in [0.25, 0.3) is 0 Å². The molecular formula is C90H91N9O18S14. The molecule has 0 amide bonds. The van der Waals surface area contributed by atoms with E-state index in [1.165, 1.54) is 103 Å². The maximum absolute atomic E-state index is 13.1. The van der Waals surface area contributed by atoms with Crippen molar-refractivity contribution in [2.75, 3.05) is 25.0 Å². The molecule has 6 aromatic heterocycles. The van der Waals surface area contributed by atoms with Gasteiger partial charge in [-0.2, -0.15) is 5.10 Å². The van der Waals surface area contributed by atoms with E-state index in [2.05, 4.69) is 15.1 Å². The summed E-state index contributed by atoms with van der Waals surface area (Å²) in [5.41, 5.74) is 38.4. The normalized spacial score (nSPS) is 12.2. The molecule has 15 rings (SSSR count). The van der Waals surface area contributed by atoms with Crippen LogP contribution in [-0.2, 0) is 135 Å². The fourth-order valence-electron chi connectivity index (χ4n) is 12.6. The zero-order chi connectivity index (χ0) is 95.7. The van der Waals surface area contributed by atoms with Gasteiger partial charge in [0.05, 0.1) is 62.6 Å². The van der Waals surface area contributed by atoms with E-state index in [1.54, 1.807) is 65.5 Å². The van der Waals surface area contributed by atoms with Crippen molar-refractivity contribution in [1.29, 1.82) is 0 Å². The highest BCUT2D eigenvalue weighted by Gasteiger charge is 2.30. The Morgan fingerprint density at radius 1 is 0.290 bits per heavy atom. The lowest BCUT2D eigenvalue weighted by Crippen LogP contribution is -2.04. The third-order valence-electron chi connectivity index (χ3n) is 19.7. The van der Waals surface area contributed by atoms with Crippen molar-refractivity contribution >= 4 is 145 Å². The van der Waals surface area contributed by atoms with E-state index in [4.69, 9.17) is 28.7 Å². The predicted molar refractivity (Wildman–Crippen MR) is 516 cm³/mol. The summed E-state index contributed by atoms with van der Waals surface area (Å²) in [7, 11) is -31.4. The SMILES string of the molecule is CCc1cc(-c2cnn(C)c2)cc(S(=O)(=O)c2cnc(CN)s2)c1.CS(=O)(=O)c1cc(-c2ccccc2)cc(S(=O)(=O)c2ccc(CN)s2)c1.Cc1ccc(-c2cc(S(=O)(=O)c3ccc(CN)s3)ccc2S(C)(=O)=O)cc1.Cc1ccc(-c2cc(S(C)(=O)=O)cc(S(=O)(=O)c3ccc(CN)s3)c2)cc1.Cc1ccc(-c2cc(S(C)(=O)=O)cc(S(=O)(=O)c3cnc(CN)s3)c2)cc1. The molecule has 0 saturated heterocycles.